The maximum absolute atomic E-state index is 12.6. The van der Waals surface area contributed by atoms with Crippen LogP contribution in [0, 0.1) is 0 Å². The van der Waals surface area contributed by atoms with Crippen LogP contribution >= 0.6 is 27.3 Å². The van der Waals surface area contributed by atoms with E-state index < -0.39 is 11.9 Å². The quantitative estimate of drug-likeness (QED) is 0.277. The SMILES string of the molecule is O=C(COC(=O)CC(c1ccccc1)c1ccccc1)Nc1nc(-c2cccc(Br)c2)cs1. The molecular formula is C26H21BrN2O3S. The number of halogens is 1. The lowest BCUT2D eigenvalue weighted by Gasteiger charge is -2.17. The molecule has 0 atom stereocenters. The van der Waals surface area contributed by atoms with Crippen molar-refractivity contribution in [3.8, 4) is 11.3 Å². The molecule has 1 amide bonds. The van der Waals surface area contributed by atoms with Gasteiger partial charge in [0.25, 0.3) is 5.91 Å². The molecule has 0 aliphatic heterocycles. The Labute approximate surface area is 204 Å². The molecule has 0 radical (unpaired) electrons. The van der Waals surface area contributed by atoms with Crippen molar-refractivity contribution >= 4 is 44.3 Å². The van der Waals surface area contributed by atoms with E-state index in [1.165, 1.54) is 11.3 Å². The van der Waals surface area contributed by atoms with E-state index >= 15 is 0 Å². The Kier molecular flexibility index (Phi) is 7.65. The summed E-state index contributed by atoms with van der Waals surface area (Å²) in [6.45, 7) is -0.360. The number of nitrogens with zero attached hydrogens (tertiary/aromatic N) is 1. The van der Waals surface area contributed by atoms with Crippen molar-refractivity contribution < 1.29 is 14.3 Å². The predicted molar refractivity (Wildman–Crippen MR) is 134 cm³/mol. The minimum atomic E-state index is -0.434. The Hall–Kier alpha value is -3.29. The molecule has 0 aliphatic rings. The molecule has 166 valence electrons. The molecule has 1 heterocycles. The predicted octanol–water partition coefficient (Wildman–Crippen LogP) is 6.28. The molecule has 0 aliphatic carbocycles. The Morgan fingerprint density at radius 2 is 1.61 bits per heavy atom. The first-order valence-corrected chi connectivity index (χ1v) is 12.0. The fraction of sp³-hybridized carbons (Fsp3) is 0.115. The van der Waals surface area contributed by atoms with Crippen molar-refractivity contribution in [3.63, 3.8) is 0 Å². The smallest absolute Gasteiger partial charge is 0.307 e. The summed E-state index contributed by atoms with van der Waals surface area (Å²) in [5.74, 6) is -0.999. The molecule has 0 saturated carbocycles. The fourth-order valence-electron chi connectivity index (χ4n) is 3.44. The number of thiazole rings is 1. The lowest BCUT2D eigenvalue weighted by atomic mass is 9.89. The van der Waals surface area contributed by atoms with Gasteiger partial charge in [-0.05, 0) is 23.3 Å². The van der Waals surface area contributed by atoms with Gasteiger partial charge in [0.15, 0.2) is 11.7 Å². The van der Waals surface area contributed by atoms with E-state index in [2.05, 4.69) is 26.2 Å². The van der Waals surface area contributed by atoms with Crippen LogP contribution in [0.2, 0.25) is 0 Å². The molecule has 4 aromatic rings. The van der Waals surface area contributed by atoms with Crippen LogP contribution in [0.15, 0.2) is 94.8 Å². The number of ether oxygens (including phenoxy) is 1. The van der Waals surface area contributed by atoms with Gasteiger partial charge in [-0.2, -0.15) is 0 Å². The zero-order valence-corrected chi connectivity index (χ0v) is 20.0. The molecule has 0 bridgehead atoms. The van der Waals surface area contributed by atoms with Gasteiger partial charge in [0.1, 0.15) is 0 Å². The third kappa shape index (κ3) is 6.37. The molecule has 3 aromatic carbocycles. The standard InChI is InChI=1S/C26H21BrN2O3S/c27-21-13-7-12-20(14-21)23-17-33-26(28-23)29-24(30)16-32-25(31)15-22(18-8-3-1-4-9-18)19-10-5-2-6-11-19/h1-14,17,22H,15-16H2,(H,28,29,30). The molecule has 0 spiro atoms. The van der Waals surface area contributed by atoms with E-state index in [0.29, 0.717) is 5.13 Å². The van der Waals surface area contributed by atoms with Gasteiger partial charge >= 0.3 is 5.97 Å². The summed E-state index contributed by atoms with van der Waals surface area (Å²) in [6.07, 6.45) is 0.144. The van der Waals surface area contributed by atoms with Crippen LogP contribution < -0.4 is 5.32 Å². The highest BCUT2D eigenvalue weighted by atomic mass is 79.9. The molecule has 0 unspecified atom stereocenters. The van der Waals surface area contributed by atoms with Crippen LogP contribution in [0.1, 0.15) is 23.5 Å². The average molecular weight is 521 g/mol. The second-order valence-corrected chi connectivity index (χ2v) is 9.11. The van der Waals surface area contributed by atoms with Crippen molar-refractivity contribution in [1.82, 2.24) is 4.98 Å². The van der Waals surface area contributed by atoms with E-state index in [1.807, 2.05) is 90.3 Å². The van der Waals surface area contributed by atoms with E-state index in [9.17, 15) is 9.59 Å². The minimum absolute atomic E-state index is 0.144. The highest BCUT2D eigenvalue weighted by molar-refractivity contribution is 9.10. The van der Waals surface area contributed by atoms with Crippen LogP contribution in [-0.4, -0.2) is 23.5 Å². The highest BCUT2D eigenvalue weighted by Crippen LogP contribution is 2.29. The molecule has 7 heteroatoms. The fourth-order valence-corrected chi connectivity index (χ4v) is 4.57. The van der Waals surface area contributed by atoms with Crippen molar-refractivity contribution in [2.75, 3.05) is 11.9 Å². The molecule has 1 N–H and O–H groups in total. The van der Waals surface area contributed by atoms with Gasteiger partial charge < -0.3 is 4.74 Å². The molecule has 33 heavy (non-hydrogen) atoms. The van der Waals surface area contributed by atoms with E-state index in [-0.39, 0.29) is 18.9 Å². The van der Waals surface area contributed by atoms with Crippen molar-refractivity contribution in [2.24, 2.45) is 0 Å². The monoisotopic (exact) mass is 520 g/mol. The summed E-state index contributed by atoms with van der Waals surface area (Å²) in [4.78, 5) is 29.3. The lowest BCUT2D eigenvalue weighted by molar-refractivity contribution is -0.147. The largest absolute Gasteiger partial charge is 0.456 e. The highest BCUT2D eigenvalue weighted by Gasteiger charge is 2.20. The number of hydrogen-bond donors (Lipinski definition) is 1. The Morgan fingerprint density at radius 3 is 2.24 bits per heavy atom. The number of carbonyl (C=O) groups is 2. The van der Waals surface area contributed by atoms with Gasteiger partial charge in [-0.3, -0.25) is 14.9 Å². The number of esters is 1. The number of amides is 1. The zero-order valence-electron chi connectivity index (χ0n) is 17.6. The van der Waals surface area contributed by atoms with Crippen molar-refractivity contribution in [1.29, 1.82) is 0 Å². The average Bonchev–Trinajstić information content (AvgIpc) is 3.31. The van der Waals surface area contributed by atoms with Crippen LogP contribution in [0.4, 0.5) is 5.13 Å². The second-order valence-electron chi connectivity index (χ2n) is 7.34. The minimum Gasteiger partial charge on any atom is -0.456 e. The van der Waals surface area contributed by atoms with Gasteiger partial charge in [-0.1, -0.05) is 88.7 Å². The zero-order chi connectivity index (χ0) is 23.0. The van der Waals surface area contributed by atoms with E-state index in [4.69, 9.17) is 4.74 Å². The number of anilines is 1. The molecule has 0 fully saturated rings. The second kappa shape index (κ2) is 11.0. The molecular weight excluding hydrogens is 500 g/mol. The van der Waals surface area contributed by atoms with Gasteiger partial charge in [0.05, 0.1) is 12.1 Å². The summed E-state index contributed by atoms with van der Waals surface area (Å²) in [6, 6.07) is 27.4. The molecule has 4 rings (SSSR count). The molecule has 1 aromatic heterocycles. The van der Waals surface area contributed by atoms with Crippen molar-refractivity contribution in [3.05, 3.63) is 106 Å². The molecule has 0 saturated heterocycles. The van der Waals surface area contributed by atoms with Gasteiger partial charge in [0.2, 0.25) is 0 Å². The number of rotatable bonds is 8. The van der Waals surface area contributed by atoms with E-state index in [0.717, 1.165) is 26.9 Å². The number of benzene rings is 3. The van der Waals surface area contributed by atoms with Gasteiger partial charge in [-0.25, -0.2) is 4.98 Å². The maximum Gasteiger partial charge on any atom is 0.307 e. The summed E-state index contributed by atoms with van der Waals surface area (Å²) >= 11 is 4.76. The third-order valence-corrected chi connectivity index (χ3v) is 6.26. The normalized spacial score (nSPS) is 10.7. The number of aromatic nitrogens is 1. The summed E-state index contributed by atoms with van der Waals surface area (Å²) < 4.78 is 6.23. The maximum atomic E-state index is 12.6. The van der Waals surface area contributed by atoms with Crippen LogP contribution in [-0.2, 0) is 14.3 Å². The molecule has 5 nitrogen and oxygen atoms in total. The van der Waals surface area contributed by atoms with Crippen LogP contribution in [0.5, 0.6) is 0 Å². The number of nitrogens with one attached hydrogen (secondary N) is 1. The van der Waals surface area contributed by atoms with Crippen LogP contribution in [0.25, 0.3) is 11.3 Å². The summed E-state index contributed by atoms with van der Waals surface area (Å²) in [7, 11) is 0. The van der Waals surface area contributed by atoms with Crippen LogP contribution in [0.3, 0.4) is 0 Å². The third-order valence-electron chi connectivity index (χ3n) is 5.01. The lowest BCUT2D eigenvalue weighted by Crippen LogP contribution is -2.22. The van der Waals surface area contributed by atoms with E-state index in [1.54, 1.807) is 0 Å². The first-order chi connectivity index (χ1) is 16.1. The van der Waals surface area contributed by atoms with Crippen molar-refractivity contribution in [2.45, 2.75) is 12.3 Å². The Balaban J connectivity index is 1.34. The number of carbonyl (C=O) groups excluding carboxylic acids is 2. The summed E-state index contributed by atoms with van der Waals surface area (Å²) in [5, 5.41) is 5.02. The van der Waals surface area contributed by atoms with Gasteiger partial charge in [0, 0.05) is 21.3 Å². The van der Waals surface area contributed by atoms with Gasteiger partial charge in [-0.15, -0.1) is 11.3 Å². The Bertz CT molecular complexity index is 1190. The summed E-state index contributed by atoms with van der Waals surface area (Å²) in [5.41, 5.74) is 3.75. The topological polar surface area (TPSA) is 68.3 Å². The first-order valence-electron chi connectivity index (χ1n) is 10.4. The number of hydrogen-bond acceptors (Lipinski definition) is 5. The first kappa shape index (κ1) is 22.9. The Morgan fingerprint density at radius 1 is 0.939 bits per heavy atom.